The molecule has 0 atom stereocenters. The average molecular weight is 369 g/mol. The minimum atomic E-state index is -3.75. The highest BCUT2D eigenvalue weighted by Gasteiger charge is 2.20. The van der Waals surface area contributed by atoms with E-state index in [0.29, 0.717) is 0 Å². The lowest BCUT2D eigenvalue weighted by Crippen LogP contribution is -2.34. The standard InChI is InChI=1S/C16H17F2N3O3S/c1-25(23,24)21(13-2-3-14(17)15(18)10-13)9-6-16(22)20-11-12-4-7-19-8-5-12/h2-5,7-8,10H,6,9,11H2,1H3,(H,20,22). The Bertz CT molecular complexity index is 845. The van der Waals surface area contributed by atoms with Crippen molar-refractivity contribution in [2.45, 2.75) is 13.0 Å². The number of carbonyl (C=O) groups is 1. The van der Waals surface area contributed by atoms with Crippen molar-refractivity contribution in [1.29, 1.82) is 0 Å². The molecule has 0 aliphatic heterocycles. The van der Waals surface area contributed by atoms with Crippen LogP contribution in [0.25, 0.3) is 0 Å². The molecule has 1 aromatic heterocycles. The third-order valence-electron chi connectivity index (χ3n) is 3.37. The monoisotopic (exact) mass is 369 g/mol. The zero-order valence-corrected chi connectivity index (χ0v) is 14.3. The van der Waals surface area contributed by atoms with Crippen LogP contribution in [0.5, 0.6) is 0 Å². The van der Waals surface area contributed by atoms with Crippen LogP contribution in [-0.4, -0.2) is 32.1 Å². The van der Waals surface area contributed by atoms with Crippen molar-refractivity contribution in [1.82, 2.24) is 10.3 Å². The topological polar surface area (TPSA) is 79.4 Å². The first kappa shape index (κ1) is 18.8. The van der Waals surface area contributed by atoms with Crippen molar-refractivity contribution in [3.8, 4) is 0 Å². The molecule has 2 aromatic rings. The number of anilines is 1. The molecule has 1 amide bonds. The van der Waals surface area contributed by atoms with Gasteiger partial charge < -0.3 is 5.32 Å². The van der Waals surface area contributed by atoms with E-state index in [1.807, 2.05) is 0 Å². The molecule has 0 radical (unpaired) electrons. The van der Waals surface area contributed by atoms with Gasteiger partial charge >= 0.3 is 0 Å². The summed E-state index contributed by atoms with van der Waals surface area (Å²) < 4.78 is 51.0. The van der Waals surface area contributed by atoms with Crippen LogP contribution in [0.3, 0.4) is 0 Å². The van der Waals surface area contributed by atoms with Crippen molar-refractivity contribution < 1.29 is 22.0 Å². The Morgan fingerprint density at radius 3 is 2.44 bits per heavy atom. The molecule has 0 bridgehead atoms. The molecule has 9 heteroatoms. The number of pyridine rings is 1. The van der Waals surface area contributed by atoms with Gasteiger partial charge in [-0.2, -0.15) is 0 Å². The number of sulfonamides is 1. The van der Waals surface area contributed by atoms with Crippen LogP contribution in [-0.2, 0) is 21.4 Å². The molecule has 1 heterocycles. The number of rotatable bonds is 7. The van der Waals surface area contributed by atoms with Crippen molar-refractivity contribution in [2.24, 2.45) is 0 Å². The fraction of sp³-hybridized carbons (Fsp3) is 0.250. The summed E-state index contributed by atoms with van der Waals surface area (Å²) in [6, 6.07) is 6.25. The Balaban J connectivity index is 2.00. The van der Waals surface area contributed by atoms with Crippen LogP contribution in [0.15, 0.2) is 42.7 Å². The van der Waals surface area contributed by atoms with Crippen molar-refractivity contribution >= 4 is 21.6 Å². The molecule has 0 saturated heterocycles. The molecule has 1 N–H and O–H groups in total. The lowest BCUT2D eigenvalue weighted by molar-refractivity contribution is -0.121. The fourth-order valence-electron chi connectivity index (χ4n) is 2.12. The number of nitrogens with one attached hydrogen (secondary N) is 1. The number of hydrogen-bond acceptors (Lipinski definition) is 4. The number of aromatic nitrogens is 1. The highest BCUT2D eigenvalue weighted by Crippen LogP contribution is 2.20. The van der Waals surface area contributed by atoms with Gasteiger partial charge in [-0.3, -0.25) is 14.1 Å². The average Bonchev–Trinajstić information content (AvgIpc) is 2.56. The van der Waals surface area contributed by atoms with Crippen molar-refractivity contribution in [3.63, 3.8) is 0 Å². The molecular weight excluding hydrogens is 352 g/mol. The molecule has 2 rings (SSSR count). The second kappa shape index (κ2) is 8.02. The van der Waals surface area contributed by atoms with E-state index in [9.17, 15) is 22.0 Å². The predicted molar refractivity (Wildman–Crippen MR) is 89.2 cm³/mol. The largest absolute Gasteiger partial charge is 0.352 e. The lowest BCUT2D eigenvalue weighted by Gasteiger charge is -2.22. The molecule has 6 nitrogen and oxygen atoms in total. The second-order valence-electron chi connectivity index (χ2n) is 5.32. The molecule has 0 saturated carbocycles. The quantitative estimate of drug-likeness (QED) is 0.808. The van der Waals surface area contributed by atoms with Gasteiger partial charge in [0.15, 0.2) is 11.6 Å². The molecule has 0 aliphatic carbocycles. The first-order valence-electron chi connectivity index (χ1n) is 7.36. The predicted octanol–water partition coefficient (Wildman–Crippen LogP) is 1.83. The molecule has 0 unspecified atom stereocenters. The van der Waals surface area contributed by atoms with Crippen LogP contribution in [0.2, 0.25) is 0 Å². The molecule has 25 heavy (non-hydrogen) atoms. The highest BCUT2D eigenvalue weighted by atomic mass is 32.2. The number of amides is 1. The van der Waals surface area contributed by atoms with Gasteiger partial charge in [0.1, 0.15) is 0 Å². The Labute approximate surface area is 144 Å². The van der Waals surface area contributed by atoms with Gasteiger partial charge in [-0.1, -0.05) is 0 Å². The normalized spacial score (nSPS) is 11.2. The summed E-state index contributed by atoms with van der Waals surface area (Å²) in [5, 5.41) is 2.66. The number of benzene rings is 1. The van der Waals surface area contributed by atoms with E-state index in [0.717, 1.165) is 34.3 Å². The fourth-order valence-corrected chi connectivity index (χ4v) is 3.04. The van der Waals surface area contributed by atoms with Crippen LogP contribution in [0.4, 0.5) is 14.5 Å². The zero-order chi connectivity index (χ0) is 18.4. The molecule has 134 valence electrons. The molecule has 0 fully saturated rings. The Hall–Kier alpha value is -2.55. The third-order valence-corrected chi connectivity index (χ3v) is 4.57. The summed E-state index contributed by atoms with van der Waals surface area (Å²) in [5.41, 5.74) is 0.812. The number of nitrogens with zero attached hydrogens (tertiary/aromatic N) is 2. The van der Waals surface area contributed by atoms with Crippen LogP contribution in [0.1, 0.15) is 12.0 Å². The summed E-state index contributed by atoms with van der Waals surface area (Å²) in [7, 11) is -3.75. The Kier molecular flexibility index (Phi) is 6.02. The van der Waals surface area contributed by atoms with Gasteiger partial charge in [0.25, 0.3) is 0 Å². The van der Waals surface area contributed by atoms with Crippen LogP contribution >= 0.6 is 0 Å². The van der Waals surface area contributed by atoms with Crippen LogP contribution < -0.4 is 9.62 Å². The smallest absolute Gasteiger partial charge is 0.232 e. The highest BCUT2D eigenvalue weighted by molar-refractivity contribution is 7.92. The minimum absolute atomic E-state index is 0.0386. The van der Waals surface area contributed by atoms with Crippen LogP contribution in [0, 0.1) is 11.6 Å². The number of carbonyl (C=O) groups excluding carboxylic acids is 1. The maximum atomic E-state index is 13.4. The summed E-state index contributed by atoms with van der Waals surface area (Å²) in [6.07, 6.45) is 3.99. The molecule has 0 aliphatic rings. The first-order chi connectivity index (χ1) is 11.8. The van der Waals surface area contributed by atoms with Crippen molar-refractivity contribution in [2.75, 3.05) is 17.1 Å². The van der Waals surface area contributed by atoms with Gasteiger partial charge in [0, 0.05) is 38.0 Å². The minimum Gasteiger partial charge on any atom is -0.352 e. The van der Waals surface area contributed by atoms with Gasteiger partial charge in [0.2, 0.25) is 15.9 Å². The summed E-state index contributed by atoms with van der Waals surface area (Å²) in [6.45, 7) is 0.0947. The van der Waals surface area contributed by atoms with E-state index in [2.05, 4.69) is 10.3 Å². The van der Waals surface area contributed by atoms with Gasteiger partial charge in [-0.15, -0.1) is 0 Å². The number of halogens is 2. The first-order valence-corrected chi connectivity index (χ1v) is 9.20. The molecular formula is C16H17F2N3O3S. The molecule has 0 spiro atoms. The second-order valence-corrected chi connectivity index (χ2v) is 7.22. The third kappa shape index (κ3) is 5.49. The van der Waals surface area contributed by atoms with Gasteiger partial charge in [-0.25, -0.2) is 17.2 Å². The Morgan fingerprint density at radius 1 is 1.16 bits per heavy atom. The summed E-state index contributed by atoms with van der Waals surface area (Å²) in [5.74, 6) is -2.60. The van der Waals surface area contributed by atoms with E-state index >= 15 is 0 Å². The lowest BCUT2D eigenvalue weighted by atomic mass is 10.2. The maximum absolute atomic E-state index is 13.4. The zero-order valence-electron chi connectivity index (χ0n) is 13.4. The Morgan fingerprint density at radius 2 is 1.84 bits per heavy atom. The van der Waals surface area contributed by atoms with E-state index in [-0.39, 0.29) is 31.1 Å². The van der Waals surface area contributed by atoms with E-state index < -0.39 is 21.7 Å². The van der Waals surface area contributed by atoms with Gasteiger partial charge in [0.05, 0.1) is 11.9 Å². The van der Waals surface area contributed by atoms with Gasteiger partial charge in [-0.05, 0) is 29.8 Å². The molecule has 1 aromatic carbocycles. The van der Waals surface area contributed by atoms with E-state index in [1.165, 1.54) is 0 Å². The maximum Gasteiger partial charge on any atom is 0.232 e. The number of hydrogen-bond donors (Lipinski definition) is 1. The summed E-state index contributed by atoms with van der Waals surface area (Å²) >= 11 is 0. The van der Waals surface area contributed by atoms with Crippen molar-refractivity contribution in [3.05, 3.63) is 59.9 Å². The van der Waals surface area contributed by atoms with E-state index in [4.69, 9.17) is 0 Å². The van der Waals surface area contributed by atoms with E-state index in [1.54, 1.807) is 24.5 Å². The summed E-state index contributed by atoms with van der Waals surface area (Å²) in [4.78, 5) is 15.8. The SMILES string of the molecule is CS(=O)(=O)N(CCC(=O)NCc1ccncc1)c1ccc(F)c(F)c1.